The maximum atomic E-state index is 13.3. The molecule has 2 amide bonds. The third-order valence-electron chi connectivity index (χ3n) is 2.98. The van der Waals surface area contributed by atoms with Crippen LogP contribution in [-0.2, 0) is 44.9 Å². The van der Waals surface area contributed by atoms with Crippen LogP contribution in [0, 0.1) is 0 Å². The fraction of sp³-hybridized carbons (Fsp3) is 0.333. The summed E-state index contributed by atoms with van der Waals surface area (Å²) in [6, 6.07) is 1.42. The van der Waals surface area contributed by atoms with Crippen LogP contribution in [0.15, 0.2) is 23.1 Å². The molecule has 0 heterocycles. The van der Waals surface area contributed by atoms with Crippen LogP contribution < -0.4 is 10.0 Å². The summed E-state index contributed by atoms with van der Waals surface area (Å²) in [4.78, 5) is 44.1. The Kier molecular flexibility index (Phi) is 7.71. The van der Waals surface area contributed by atoms with E-state index < -0.39 is 56.1 Å². The van der Waals surface area contributed by atoms with Crippen molar-refractivity contribution in [1.29, 1.82) is 0 Å². The van der Waals surface area contributed by atoms with Crippen LogP contribution in [0.1, 0.15) is 19.4 Å². The van der Waals surface area contributed by atoms with Crippen LogP contribution in [0.25, 0.3) is 0 Å². The molecule has 0 aromatic heterocycles. The van der Waals surface area contributed by atoms with Crippen LogP contribution in [0.2, 0.25) is 0 Å². The zero-order chi connectivity index (χ0) is 22.4. The molecular weight excluding hydrogens is 425 g/mol. The fourth-order valence-corrected chi connectivity index (χ4v) is 3.01. The molecule has 0 unspecified atom stereocenters. The Hall–Kier alpha value is -3.16. The number of hydrogen-bond acceptors (Lipinski definition) is 8. The summed E-state index contributed by atoms with van der Waals surface area (Å²) >= 11 is 0. The highest BCUT2D eigenvalue weighted by Gasteiger charge is 2.39. The maximum absolute atomic E-state index is 13.3. The number of carbonyl (C=O) groups is 4. The summed E-state index contributed by atoms with van der Waals surface area (Å²) < 4.78 is 74.0. The monoisotopic (exact) mass is 440 g/mol. The lowest BCUT2D eigenvalue weighted by Crippen LogP contribution is -2.38. The minimum atomic E-state index is -5.23. The van der Waals surface area contributed by atoms with Gasteiger partial charge in [-0.15, -0.1) is 0 Å². The molecule has 0 fully saturated rings. The molecule has 2 N–H and O–H groups in total. The van der Waals surface area contributed by atoms with Gasteiger partial charge in [-0.2, -0.15) is 13.2 Å². The van der Waals surface area contributed by atoms with Crippen molar-refractivity contribution >= 4 is 39.5 Å². The molecule has 10 nitrogen and oxygen atoms in total. The normalized spacial score (nSPS) is 11.3. The summed E-state index contributed by atoms with van der Waals surface area (Å²) in [6.45, 7) is 2.30. The minimum absolute atomic E-state index is 0.155. The molecule has 0 bridgehead atoms. The summed E-state index contributed by atoms with van der Waals surface area (Å²) in [6.07, 6.45) is -5.23. The molecule has 0 saturated heterocycles. The second kappa shape index (κ2) is 9.36. The van der Waals surface area contributed by atoms with Crippen molar-refractivity contribution < 1.29 is 50.2 Å². The first-order chi connectivity index (χ1) is 13.3. The maximum Gasteiger partial charge on any atom is 0.417 e. The number of nitrogens with one attached hydrogen (secondary N) is 2. The van der Waals surface area contributed by atoms with E-state index in [0.29, 0.717) is 6.07 Å². The Morgan fingerprint density at radius 2 is 1.48 bits per heavy atom. The first-order valence-corrected chi connectivity index (χ1v) is 9.25. The third-order valence-corrected chi connectivity index (χ3v) is 4.37. The zero-order valence-electron chi connectivity index (χ0n) is 15.0. The highest BCUT2D eigenvalue weighted by Crippen LogP contribution is 2.36. The zero-order valence-corrected chi connectivity index (χ0v) is 15.8. The highest BCUT2D eigenvalue weighted by atomic mass is 32.2. The van der Waals surface area contributed by atoms with Crippen LogP contribution in [0.4, 0.5) is 18.9 Å². The molecule has 1 rings (SSSR count). The second-order valence-corrected chi connectivity index (χ2v) is 6.69. The molecule has 1 aromatic carbocycles. The number of hydrogen-bond donors (Lipinski definition) is 2. The molecular formula is C15H15F3N2O8S. The lowest BCUT2D eigenvalue weighted by atomic mass is 10.2. The van der Waals surface area contributed by atoms with Gasteiger partial charge in [0.15, 0.2) is 0 Å². The van der Waals surface area contributed by atoms with Crippen LogP contribution in [-0.4, -0.2) is 45.4 Å². The number of rotatable bonds is 5. The van der Waals surface area contributed by atoms with E-state index in [1.807, 2.05) is 5.32 Å². The van der Waals surface area contributed by atoms with Gasteiger partial charge in [0.05, 0.1) is 23.7 Å². The standard InChI is InChI=1S/C15H15F3N2O8S/c1-3-27-13(23)11(21)19-8-5-6-10(9(7-8)15(16,17)18)29(25,26)20-12(22)14(24)28-4-2/h5-7H,3-4H2,1-2H3,(H,19,21)(H,20,22). The molecule has 29 heavy (non-hydrogen) atoms. The van der Waals surface area contributed by atoms with E-state index in [-0.39, 0.29) is 19.3 Å². The molecule has 0 aliphatic carbocycles. The molecule has 0 aliphatic heterocycles. The Morgan fingerprint density at radius 3 is 1.97 bits per heavy atom. The van der Waals surface area contributed by atoms with E-state index in [1.54, 1.807) is 0 Å². The van der Waals surface area contributed by atoms with E-state index in [9.17, 15) is 40.8 Å². The van der Waals surface area contributed by atoms with E-state index in [1.165, 1.54) is 13.8 Å². The average Bonchev–Trinajstić information content (AvgIpc) is 2.60. The predicted octanol–water partition coefficient (Wildman–Crippen LogP) is 0.575. The van der Waals surface area contributed by atoms with E-state index in [2.05, 4.69) is 9.47 Å². The van der Waals surface area contributed by atoms with Crippen LogP contribution in [0.5, 0.6) is 0 Å². The van der Waals surface area contributed by atoms with Crippen molar-refractivity contribution in [1.82, 2.24) is 4.72 Å². The number of carbonyl (C=O) groups excluding carboxylic acids is 4. The number of halogens is 3. The van der Waals surface area contributed by atoms with Gasteiger partial charge in [-0.25, -0.2) is 22.7 Å². The molecule has 0 atom stereocenters. The van der Waals surface area contributed by atoms with Gasteiger partial charge in [-0.05, 0) is 32.0 Å². The second-order valence-electron chi connectivity index (χ2n) is 5.04. The van der Waals surface area contributed by atoms with Crippen molar-refractivity contribution in [2.75, 3.05) is 18.5 Å². The lowest BCUT2D eigenvalue weighted by Gasteiger charge is -2.15. The average molecular weight is 440 g/mol. The quantitative estimate of drug-likeness (QED) is 0.500. The van der Waals surface area contributed by atoms with Gasteiger partial charge in [-0.3, -0.25) is 9.59 Å². The number of alkyl halides is 3. The number of sulfonamides is 1. The molecule has 0 aliphatic rings. The lowest BCUT2D eigenvalue weighted by molar-refractivity contribution is -0.153. The number of amides is 2. The van der Waals surface area contributed by atoms with Crippen LogP contribution >= 0.6 is 0 Å². The largest absolute Gasteiger partial charge is 0.459 e. The molecule has 14 heteroatoms. The molecule has 0 spiro atoms. The molecule has 0 radical (unpaired) electrons. The van der Waals surface area contributed by atoms with Gasteiger partial charge in [0.25, 0.3) is 10.0 Å². The number of benzene rings is 1. The van der Waals surface area contributed by atoms with Crippen molar-refractivity contribution in [3.05, 3.63) is 23.8 Å². The Morgan fingerprint density at radius 1 is 0.966 bits per heavy atom. The molecule has 0 saturated carbocycles. The van der Waals surface area contributed by atoms with Gasteiger partial charge in [0, 0.05) is 5.69 Å². The first kappa shape index (κ1) is 23.9. The summed E-state index contributed by atoms with van der Waals surface area (Å²) in [5, 5.41) is 1.82. The molecule has 1 aromatic rings. The summed E-state index contributed by atoms with van der Waals surface area (Å²) in [5.41, 5.74) is -2.32. The van der Waals surface area contributed by atoms with Crippen molar-refractivity contribution in [2.24, 2.45) is 0 Å². The predicted molar refractivity (Wildman–Crippen MR) is 88.7 cm³/mol. The Bertz CT molecular complexity index is 928. The first-order valence-electron chi connectivity index (χ1n) is 7.76. The number of ether oxygens (including phenoxy) is 2. The summed E-state index contributed by atoms with van der Waals surface area (Å²) in [7, 11) is -5.13. The highest BCUT2D eigenvalue weighted by molar-refractivity contribution is 7.90. The van der Waals surface area contributed by atoms with E-state index in [0.717, 1.165) is 10.8 Å². The topological polar surface area (TPSA) is 145 Å². The van der Waals surface area contributed by atoms with Crippen LogP contribution in [0.3, 0.4) is 0 Å². The number of esters is 2. The smallest absolute Gasteiger partial charge is 0.417 e. The van der Waals surface area contributed by atoms with Crippen molar-refractivity contribution in [2.45, 2.75) is 24.9 Å². The SMILES string of the molecule is CCOC(=O)C(=O)Nc1ccc(S(=O)(=O)NC(=O)C(=O)OCC)c(C(F)(F)F)c1. The van der Waals surface area contributed by atoms with Crippen molar-refractivity contribution in [3.8, 4) is 0 Å². The minimum Gasteiger partial charge on any atom is -0.459 e. The Balaban J connectivity index is 3.28. The Labute approximate surface area is 162 Å². The van der Waals surface area contributed by atoms with Gasteiger partial charge in [0.2, 0.25) is 0 Å². The van der Waals surface area contributed by atoms with Crippen molar-refractivity contribution in [3.63, 3.8) is 0 Å². The van der Waals surface area contributed by atoms with E-state index >= 15 is 0 Å². The third kappa shape index (κ3) is 6.44. The van der Waals surface area contributed by atoms with E-state index in [4.69, 9.17) is 0 Å². The fourth-order valence-electron chi connectivity index (χ4n) is 1.86. The van der Waals surface area contributed by atoms with Gasteiger partial charge >= 0.3 is 29.9 Å². The summed E-state index contributed by atoms with van der Waals surface area (Å²) in [5.74, 6) is -6.15. The number of anilines is 1. The van der Waals surface area contributed by atoms with Gasteiger partial charge in [-0.1, -0.05) is 0 Å². The van der Waals surface area contributed by atoms with Gasteiger partial charge < -0.3 is 14.8 Å². The molecule has 160 valence electrons. The van der Waals surface area contributed by atoms with Gasteiger partial charge in [0.1, 0.15) is 0 Å².